The number of nitrogens with zero attached hydrogens (tertiary/aromatic N) is 1. The SMILES string of the molecule is O=COc1ccccn1.[Cr]. The van der Waals surface area contributed by atoms with Gasteiger partial charge in [-0.2, -0.15) is 0 Å². The van der Waals surface area contributed by atoms with Crippen LogP contribution in [0.15, 0.2) is 24.4 Å². The first-order chi connectivity index (χ1) is 4.43. The van der Waals surface area contributed by atoms with Crippen LogP contribution in [0, 0.1) is 0 Å². The normalized spacial score (nSPS) is 7.60. The molecule has 0 bridgehead atoms. The zero-order chi connectivity index (χ0) is 6.53. The first kappa shape index (κ1) is 9.15. The second kappa shape index (κ2) is 4.98. The summed E-state index contributed by atoms with van der Waals surface area (Å²) in [6, 6.07) is 5.10. The van der Waals surface area contributed by atoms with Crippen molar-refractivity contribution in [2.75, 3.05) is 0 Å². The minimum absolute atomic E-state index is 0. The van der Waals surface area contributed by atoms with Gasteiger partial charge in [0.2, 0.25) is 5.88 Å². The quantitative estimate of drug-likeness (QED) is 0.618. The minimum atomic E-state index is 0. The molecule has 10 heavy (non-hydrogen) atoms. The van der Waals surface area contributed by atoms with Gasteiger partial charge in [-0.15, -0.1) is 0 Å². The number of carbonyl (C=O) groups is 1. The third-order valence-corrected chi connectivity index (χ3v) is 0.807. The number of hydrogen-bond acceptors (Lipinski definition) is 3. The van der Waals surface area contributed by atoms with Crippen LogP contribution in [0.3, 0.4) is 0 Å². The summed E-state index contributed by atoms with van der Waals surface area (Å²) < 4.78 is 4.41. The van der Waals surface area contributed by atoms with Crippen LogP contribution in [0.4, 0.5) is 0 Å². The predicted octanol–water partition coefficient (Wildman–Crippen LogP) is 0.614. The van der Waals surface area contributed by atoms with Gasteiger partial charge in [-0.1, -0.05) is 6.07 Å². The maximum Gasteiger partial charge on any atom is 0.299 e. The maximum atomic E-state index is 9.71. The molecule has 0 fully saturated rings. The smallest absolute Gasteiger partial charge is 0.299 e. The number of carbonyl (C=O) groups excluding carboxylic acids is 1. The molecule has 0 aliphatic rings. The zero-order valence-electron chi connectivity index (χ0n) is 5.06. The van der Waals surface area contributed by atoms with Gasteiger partial charge in [0.15, 0.2) is 0 Å². The van der Waals surface area contributed by atoms with E-state index in [1.54, 1.807) is 24.4 Å². The van der Waals surface area contributed by atoms with Crippen molar-refractivity contribution >= 4 is 6.47 Å². The molecule has 4 heteroatoms. The Morgan fingerprint density at radius 1 is 1.50 bits per heavy atom. The largest absolute Gasteiger partial charge is 0.410 e. The van der Waals surface area contributed by atoms with Crippen LogP contribution in [-0.2, 0) is 22.2 Å². The van der Waals surface area contributed by atoms with Crippen molar-refractivity contribution in [1.82, 2.24) is 4.98 Å². The van der Waals surface area contributed by atoms with Crippen LogP contribution in [0.25, 0.3) is 0 Å². The van der Waals surface area contributed by atoms with Gasteiger partial charge in [0, 0.05) is 29.6 Å². The van der Waals surface area contributed by atoms with Gasteiger partial charge in [0.25, 0.3) is 6.47 Å². The van der Waals surface area contributed by atoms with Gasteiger partial charge in [-0.05, 0) is 6.07 Å². The van der Waals surface area contributed by atoms with Gasteiger partial charge >= 0.3 is 0 Å². The molecule has 1 aromatic heterocycles. The molecule has 0 aliphatic heterocycles. The van der Waals surface area contributed by atoms with Crippen molar-refractivity contribution in [3.05, 3.63) is 24.4 Å². The molecule has 0 aromatic carbocycles. The second-order valence-corrected chi connectivity index (χ2v) is 1.38. The Balaban J connectivity index is 0.000000810. The fraction of sp³-hybridized carbons (Fsp3) is 0. The molecule has 1 aromatic rings. The topological polar surface area (TPSA) is 39.2 Å². The summed E-state index contributed by atoms with van der Waals surface area (Å²) in [7, 11) is 0. The van der Waals surface area contributed by atoms with E-state index in [0.29, 0.717) is 12.4 Å². The van der Waals surface area contributed by atoms with Gasteiger partial charge in [-0.25, -0.2) is 4.98 Å². The first-order valence-electron chi connectivity index (χ1n) is 2.45. The molecule has 0 saturated heterocycles. The van der Waals surface area contributed by atoms with E-state index < -0.39 is 0 Å². The molecule has 1 rings (SSSR count). The van der Waals surface area contributed by atoms with Crippen LogP contribution < -0.4 is 4.74 Å². The average molecular weight is 175 g/mol. The molecule has 0 saturated carbocycles. The van der Waals surface area contributed by atoms with E-state index in [9.17, 15) is 4.79 Å². The summed E-state index contributed by atoms with van der Waals surface area (Å²) in [5.74, 6) is 0.326. The first-order valence-corrected chi connectivity index (χ1v) is 2.45. The molecule has 0 unspecified atom stereocenters. The van der Waals surface area contributed by atoms with Crippen molar-refractivity contribution in [1.29, 1.82) is 0 Å². The summed E-state index contributed by atoms with van der Waals surface area (Å²) >= 11 is 0. The third-order valence-electron chi connectivity index (χ3n) is 0.807. The summed E-state index contributed by atoms with van der Waals surface area (Å²) in [6.45, 7) is 0.350. The van der Waals surface area contributed by atoms with Crippen molar-refractivity contribution in [2.45, 2.75) is 0 Å². The van der Waals surface area contributed by atoms with Gasteiger partial charge in [0.1, 0.15) is 0 Å². The van der Waals surface area contributed by atoms with Crippen molar-refractivity contribution in [3.63, 3.8) is 0 Å². The molecule has 0 radical (unpaired) electrons. The van der Waals surface area contributed by atoms with E-state index in [4.69, 9.17) is 0 Å². The van der Waals surface area contributed by atoms with Gasteiger partial charge < -0.3 is 4.74 Å². The van der Waals surface area contributed by atoms with Crippen LogP contribution in [0.1, 0.15) is 0 Å². The van der Waals surface area contributed by atoms with Crippen molar-refractivity contribution in [2.24, 2.45) is 0 Å². The monoisotopic (exact) mass is 175 g/mol. The van der Waals surface area contributed by atoms with E-state index >= 15 is 0 Å². The molecule has 3 nitrogen and oxygen atoms in total. The Hall–Kier alpha value is -0.848. The molecule has 1 heterocycles. The van der Waals surface area contributed by atoms with Gasteiger partial charge in [0.05, 0.1) is 0 Å². The third kappa shape index (κ3) is 2.63. The van der Waals surface area contributed by atoms with E-state index in [-0.39, 0.29) is 17.4 Å². The van der Waals surface area contributed by atoms with Gasteiger partial charge in [-0.3, -0.25) is 4.79 Å². The molecular formula is C6H5CrNO2. The Morgan fingerprint density at radius 2 is 2.30 bits per heavy atom. The zero-order valence-corrected chi connectivity index (χ0v) is 6.33. The average Bonchev–Trinajstić information content (AvgIpc) is 1.91. The Bertz CT molecular complexity index is 190. The standard InChI is InChI=1S/C6H5NO2.Cr/c8-5-9-6-3-1-2-4-7-6;/h1-5H;. The van der Waals surface area contributed by atoms with Crippen molar-refractivity contribution < 1.29 is 26.9 Å². The number of pyridine rings is 1. The summed E-state index contributed by atoms with van der Waals surface area (Å²) in [5, 5.41) is 0. The van der Waals surface area contributed by atoms with Crippen LogP contribution in [-0.4, -0.2) is 11.5 Å². The number of aromatic nitrogens is 1. The van der Waals surface area contributed by atoms with Crippen LogP contribution >= 0.6 is 0 Å². The number of ether oxygens (including phenoxy) is 1. The molecule has 0 amide bonds. The Labute approximate surface area is 69.2 Å². The van der Waals surface area contributed by atoms with E-state index in [1.165, 1.54) is 0 Å². The predicted molar refractivity (Wildman–Crippen MR) is 30.9 cm³/mol. The molecule has 52 valence electrons. The molecular weight excluding hydrogens is 170 g/mol. The van der Waals surface area contributed by atoms with Crippen LogP contribution in [0.5, 0.6) is 5.88 Å². The van der Waals surface area contributed by atoms with E-state index in [2.05, 4.69) is 9.72 Å². The molecule has 0 atom stereocenters. The fourth-order valence-electron chi connectivity index (χ4n) is 0.466. The summed E-state index contributed by atoms with van der Waals surface area (Å²) in [5.41, 5.74) is 0. The Morgan fingerprint density at radius 3 is 2.80 bits per heavy atom. The second-order valence-electron chi connectivity index (χ2n) is 1.38. The minimum Gasteiger partial charge on any atom is -0.410 e. The Kier molecular flexibility index (Phi) is 4.56. The number of rotatable bonds is 2. The van der Waals surface area contributed by atoms with Crippen LogP contribution in [0.2, 0.25) is 0 Å². The fourth-order valence-corrected chi connectivity index (χ4v) is 0.466. The summed E-state index contributed by atoms with van der Waals surface area (Å²) in [6.07, 6.45) is 1.55. The van der Waals surface area contributed by atoms with E-state index in [0.717, 1.165) is 0 Å². The maximum absolute atomic E-state index is 9.71. The molecule has 0 spiro atoms. The summed E-state index contributed by atoms with van der Waals surface area (Å²) in [4.78, 5) is 13.4. The molecule has 0 aliphatic carbocycles. The van der Waals surface area contributed by atoms with Crippen molar-refractivity contribution in [3.8, 4) is 5.88 Å². The number of hydrogen-bond donors (Lipinski definition) is 0. The van der Waals surface area contributed by atoms with E-state index in [1.807, 2.05) is 0 Å². The molecule has 0 N–H and O–H groups in total.